The molecule has 4 heteroatoms. The van der Waals surface area contributed by atoms with Crippen LogP contribution >= 0.6 is 11.6 Å². The van der Waals surface area contributed by atoms with Crippen LogP contribution < -0.4 is 5.32 Å². The van der Waals surface area contributed by atoms with E-state index in [0.29, 0.717) is 11.7 Å². The largest absolute Gasteiger partial charge is 0.508 e. The predicted octanol–water partition coefficient (Wildman–Crippen LogP) is 3.05. The van der Waals surface area contributed by atoms with Crippen LogP contribution in [-0.4, -0.2) is 10.1 Å². The molecular formula is C12H11ClN2O. The third-order valence-corrected chi connectivity index (χ3v) is 2.38. The lowest BCUT2D eigenvalue weighted by molar-refractivity contribution is 0.475. The van der Waals surface area contributed by atoms with Gasteiger partial charge in [-0.1, -0.05) is 23.7 Å². The van der Waals surface area contributed by atoms with Gasteiger partial charge in [0.15, 0.2) is 0 Å². The zero-order chi connectivity index (χ0) is 11.4. The van der Waals surface area contributed by atoms with Crippen LogP contribution in [0.25, 0.3) is 0 Å². The van der Waals surface area contributed by atoms with E-state index >= 15 is 0 Å². The van der Waals surface area contributed by atoms with Gasteiger partial charge in [0.1, 0.15) is 10.9 Å². The maximum absolute atomic E-state index is 9.13. The summed E-state index contributed by atoms with van der Waals surface area (Å²) in [4.78, 5) is 3.97. The molecule has 0 atom stereocenters. The fraction of sp³-hybridized carbons (Fsp3) is 0.0833. The van der Waals surface area contributed by atoms with E-state index in [9.17, 15) is 0 Å². The summed E-state index contributed by atoms with van der Waals surface area (Å²) in [6.07, 6.45) is 1.68. The maximum atomic E-state index is 9.13. The molecule has 0 bridgehead atoms. The second kappa shape index (κ2) is 4.86. The zero-order valence-corrected chi connectivity index (χ0v) is 9.28. The van der Waals surface area contributed by atoms with Gasteiger partial charge in [0.25, 0.3) is 0 Å². The number of halogens is 1. The van der Waals surface area contributed by atoms with Crippen molar-refractivity contribution in [2.75, 3.05) is 5.32 Å². The summed E-state index contributed by atoms with van der Waals surface area (Å²) in [5.74, 6) is 0.275. The molecule has 2 N–H and O–H groups in total. The first-order chi connectivity index (χ1) is 7.74. The summed E-state index contributed by atoms with van der Waals surface area (Å²) in [6, 6.07) is 10.7. The number of hydrogen-bond acceptors (Lipinski definition) is 3. The molecule has 0 aliphatic rings. The number of phenols is 1. The molecule has 0 aliphatic heterocycles. The normalized spacial score (nSPS) is 10.1. The van der Waals surface area contributed by atoms with Crippen LogP contribution in [0.5, 0.6) is 5.75 Å². The molecular weight excluding hydrogens is 224 g/mol. The van der Waals surface area contributed by atoms with Crippen LogP contribution in [0.4, 0.5) is 5.69 Å². The smallest absolute Gasteiger partial charge is 0.129 e. The Morgan fingerprint density at radius 2 is 1.88 bits per heavy atom. The predicted molar refractivity (Wildman–Crippen MR) is 64.7 cm³/mol. The summed E-state index contributed by atoms with van der Waals surface area (Å²) in [7, 11) is 0. The van der Waals surface area contributed by atoms with E-state index in [-0.39, 0.29) is 5.75 Å². The maximum Gasteiger partial charge on any atom is 0.129 e. The average molecular weight is 235 g/mol. The fourth-order valence-electron chi connectivity index (χ4n) is 1.30. The molecule has 0 amide bonds. The molecule has 2 aromatic rings. The Labute approximate surface area is 98.7 Å². The molecule has 1 aromatic carbocycles. The van der Waals surface area contributed by atoms with Crippen molar-refractivity contribution in [1.29, 1.82) is 0 Å². The van der Waals surface area contributed by atoms with E-state index in [1.54, 1.807) is 24.4 Å². The molecule has 0 unspecified atom stereocenters. The van der Waals surface area contributed by atoms with Gasteiger partial charge in [-0.3, -0.25) is 0 Å². The number of nitrogens with zero attached hydrogens (tertiary/aromatic N) is 1. The van der Waals surface area contributed by atoms with Crippen LogP contribution in [0.3, 0.4) is 0 Å². The molecule has 0 aliphatic carbocycles. The minimum atomic E-state index is 0.275. The summed E-state index contributed by atoms with van der Waals surface area (Å²) < 4.78 is 0. The number of benzene rings is 1. The Kier molecular flexibility index (Phi) is 3.27. The summed E-state index contributed by atoms with van der Waals surface area (Å²) >= 11 is 5.68. The number of phenolic OH excluding ortho intramolecular Hbond substituents is 1. The number of rotatable bonds is 3. The lowest BCUT2D eigenvalue weighted by atomic mass is 10.2. The standard InChI is InChI=1S/C12H11ClN2O/c13-12-6-3-10(8-15-12)14-7-9-1-4-11(16)5-2-9/h1-6,8,14,16H,7H2. The summed E-state index contributed by atoms with van der Waals surface area (Å²) in [5.41, 5.74) is 2.00. The van der Waals surface area contributed by atoms with E-state index in [1.165, 1.54) is 0 Å². The molecule has 0 spiro atoms. The summed E-state index contributed by atoms with van der Waals surface area (Å²) in [6.45, 7) is 0.684. The second-order valence-electron chi connectivity index (χ2n) is 3.39. The van der Waals surface area contributed by atoms with E-state index < -0.39 is 0 Å². The van der Waals surface area contributed by atoms with E-state index in [1.807, 2.05) is 18.2 Å². The van der Waals surface area contributed by atoms with Gasteiger partial charge in [-0.05, 0) is 29.8 Å². The van der Waals surface area contributed by atoms with Gasteiger partial charge < -0.3 is 10.4 Å². The SMILES string of the molecule is Oc1ccc(CNc2ccc(Cl)nc2)cc1. The number of pyridine rings is 1. The minimum Gasteiger partial charge on any atom is -0.508 e. The monoisotopic (exact) mass is 234 g/mol. The molecule has 2 rings (SSSR count). The van der Waals surface area contributed by atoms with Crippen molar-refractivity contribution in [1.82, 2.24) is 4.98 Å². The average Bonchev–Trinajstić information content (AvgIpc) is 2.30. The summed E-state index contributed by atoms with van der Waals surface area (Å²) in [5, 5.41) is 12.8. The van der Waals surface area contributed by atoms with E-state index in [0.717, 1.165) is 11.3 Å². The van der Waals surface area contributed by atoms with Gasteiger partial charge in [-0.2, -0.15) is 0 Å². The van der Waals surface area contributed by atoms with Gasteiger partial charge in [-0.25, -0.2) is 4.98 Å². The zero-order valence-electron chi connectivity index (χ0n) is 8.52. The Hall–Kier alpha value is -1.74. The first-order valence-corrected chi connectivity index (χ1v) is 5.25. The quantitative estimate of drug-likeness (QED) is 0.803. The van der Waals surface area contributed by atoms with Crippen molar-refractivity contribution < 1.29 is 5.11 Å². The van der Waals surface area contributed by atoms with Gasteiger partial charge >= 0.3 is 0 Å². The van der Waals surface area contributed by atoms with Crippen LogP contribution in [0.2, 0.25) is 5.15 Å². The first-order valence-electron chi connectivity index (χ1n) is 4.87. The number of nitrogens with one attached hydrogen (secondary N) is 1. The fourth-order valence-corrected chi connectivity index (χ4v) is 1.41. The topological polar surface area (TPSA) is 45.1 Å². The van der Waals surface area contributed by atoms with Crippen molar-refractivity contribution in [3.8, 4) is 5.75 Å². The Balaban J connectivity index is 1.97. The number of hydrogen-bond donors (Lipinski definition) is 2. The molecule has 1 aromatic heterocycles. The van der Waals surface area contributed by atoms with Crippen LogP contribution in [-0.2, 0) is 6.54 Å². The van der Waals surface area contributed by atoms with Gasteiger partial charge in [0.05, 0.1) is 11.9 Å². The lowest BCUT2D eigenvalue weighted by Gasteiger charge is -2.05. The van der Waals surface area contributed by atoms with Crippen LogP contribution in [0, 0.1) is 0 Å². The number of anilines is 1. The van der Waals surface area contributed by atoms with Crippen LogP contribution in [0.1, 0.15) is 5.56 Å². The van der Waals surface area contributed by atoms with E-state index in [2.05, 4.69) is 10.3 Å². The van der Waals surface area contributed by atoms with Gasteiger partial charge in [0, 0.05) is 6.54 Å². The lowest BCUT2D eigenvalue weighted by Crippen LogP contribution is -1.99. The highest BCUT2D eigenvalue weighted by Crippen LogP contribution is 2.13. The molecule has 82 valence electrons. The van der Waals surface area contributed by atoms with Crippen molar-refractivity contribution in [3.63, 3.8) is 0 Å². The van der Waals surface area contributed by atoms with Crippen LogP contribution in [0.15, 0.2) is 42.6 Å². The highest BCUT2D eigenvalue weighted by molar-refractivity contribution is 6.29. The Morgan fingerprint density at radius 3 is 2.50 bits per heavy atom. The van der Waals surface area contributed by atoms with Crippen molar-refractivity contribution in [2.24, 2.45) is 0 Å². The molecule has 1 heterocycles. The third-order valence-electron chi connectivity index (χ3n) is 2.16. The highest BCUT2D eigenvalue weighted by atomic mass is 35.5. The van der Waals surface area contributed by atoms with E-state index in [4.69, 9.17) is 16.7 Å². The van der Waals surface area contributed by atoms with Crippen molar-refractivity contribution in [2.45, 2.75) is 6.54 Å². The third kappa shape index (κ3) is 2.87. The van der Waals surface area contributed by atoms with Gasteiger partial charge in [0.2, 0.25) is 0 Å². The molecule has 0 fully saturated rings. The minimum absolute atomic E-state index is 0.275. The number of aromatic nitrogens is 1. The second-order valence-corrected chi connectivity index (χ2v) is 3.78. The Bertz CT molecular complexity index is 408. The molecule has 3 nitrogen and oxygen atoms in total. The molecule has 16 heavy (non-hydrogen) atoms. The highest BCUT2D eigenvalue weighted by Gasteiger charge is 1.95. The van der Waals surface area contributed by atoms with Gasteiger partial charge in [-0.15, -0.1) is 0 Å². The number of aromatic hydroxyl groups is 1. The molecule has 0 saturated heterocycles. The van der Waals surface area contributed by atoms with Crippen molar-refractivity contribution in [3.05, 3.63) is 53.3 Å². The molecule has 0 radical (unpaired) electrons. The first kappa shape index (κ1) is 10.8. The Morgan fingerprint density at radius 1 is 1.12 bits per heavy atom. The molecule has 0 saturated carbocycles. The van der Waals surface area contributed by atoms with Crippen molar-refractivity contribution >= 4 is 17.3 Å².